The fraction of sp³-hybridized carbons (Fsp3) is 0.364. The smallest absolute Gasteiger partial charge is 0.280 e. The number of halogens is 2. The number of fused-ring (bicyclic) bond motifs is 1. The second-order valence-corrected chi connectivity index (χ2v) is 8.03. The fourth-order valence-corrected chi connectivity index (χ4v) is 4.10. The molecule has 0 bridgehead atoms. The summed E-state index contributed by atoms with van der Waals surface area (Å²) in [6, 6.07) is 12.5. The summed E-state index contributed by atoms with van der Waals surface area (Å²) in [7, 11) is 0. The van der Waals surface area contributed by atoms with E-state index in [9.17, 15) is 4.79 Å². The average Bonchev–Trinajstić information content (AvgIpc) is 3.12. The van der Waals surface area contributed by atoms with E-state index in [-0.39, 0.29) is 10.9 Å². The Morgan fingerprint density at radius 3 is 2.66 bits per heavy atom. The van der Waals surface area contributed by atoms with Gasteiger partial charge < -0.3 is 9.64 Å². The zero-order valence-electron chi connectivity index (χ0n) is 16.1. The summed E-state index contributed by atoms with van der Waals surface area (Å²) in [6.07, 6.45) is 4.82. The minimum Gasteiger partial charge on any atom is -0.476 e. The Kier molecular flexibility index (Phi) is 6.38. The van der Waals surface area contributed by atoms with E-state index in [1.807, 2.05) is 24.3 Å². The van der Waals surface area contributed by atoms with Crippen molar-refractivity contribution in [2.24, 2.45) is 0 Å². The summed E-state index contributed by atoms with van der Waals surface area (Å²) in [5.41, 5.74) is 0.989. The zero-order chi connectivity index (χ0) is 20.2. The maximum absolute atomic E-state index is 13.1. The standard InChI is InChI=1S/C22H23Cl2N3O2/c23-18-10-6-9-17(20(18)24)22(28)27-19-11-3-2-8-16(19)21(25-27)29-15-7-14-26-12-4-1-5-13-26/h2-3,6,8-11H,1,4-5,7,12-15H2. The van der Waals surface area contributed by atoms with Gasteiger partial charge in [-0.2, -0.15) is 4.68 Å². The maximum Gasteiger partial charge on any atom is 0.280 e. The van der Waals surface area contributed by atoms with Crippen LogP contribution in [0.15, 0.2) is 42.5 Å². The first-order valence-electron chi connectivity index (χ1n) is 9.97. The number of nitrogens with zero attached hydrogens (tertiary/aromatic N) is 3. The van der Waals surface area contributed by atoms with E-state index in [4.69, 9.17) is 27.9 Å². The number of ether oxygens (including phenoxy) is 1. The van der Waals surface area contributed by atoms with E-state index in [2.05, 4.69) is 10.00 Å². The van der Waals surface area contributed by atoms with Gasteiger partial charge in [-0.25, -0.2) is 0 Å². The molecule has 0 radical (unpaired) electrons. The minimum absolute atomic E-state index is 0.225. The van der Waals surface area contributed by atoms with Crippen LogP contribution in [0.4, 0.5) is 0 Å². The Hall–Kier alpha value is -2.08. The Morgan fingerprint density at radius 2 is 1.83 bits per heavy atom. The molecule has 3 aromatic rings. The van der Waals surface area contributed by atoms with Gasteiger partial charge in [0, 0.05) is 6.54 Å². The van der Waals surface area contributed by atoms with Gasteiger partial charge in [0.2, 0.25) is 5.88 Å². The van der Waals surface area contributed by atoms with Crippen molar-refractivity contribution < 1.29 is 9.53 Å². The van der Waals surface area contributed by atoms with Crippen molar-refractivity contribution in [3.8, 4) is 5.88 Å². The van der Waals surface area contributed by atoms with Gasteiger partial charge in [-0.3, -0.25) is 4.79 Å². The summed E-state index contributed by atoms with van der Waals surface area (Å²) >= 11 is 12.3. The summed E-state index contributed by atoms with van der Waals surface area (Å²) in [5.74, 6) is 0.127. The number of hydrogen-bond acceptors (Lipinski definition) is 4. The summed E-state index contributed by atoms with van der Waals surface area (Å²) in [6.45, 7) is 3.93. The van der Waals surface area contributed by atoms with Crippen LogP contribution in [0.3, 0.4) is 0 Å². The van der Waals surface area contributed by atoms with Gasteiger partial charge in [0.05, 0.1) is 33.1 Å². The Balaban J connectivity index is 1.52. The van der Waals surface area contributed by atoms with Gasteiger partial charge in [-0.05, 0) is 56.6 Å². The molecule has 4 rings (SSSR count). The summed E-state index contributed by atoms with van der Waals surface area (Å²) < 4.78 is 7.30. The SMILES string of the molecule is O=C(c1cccc(Cl)c1Cl)n1nc(OCCCN2CCCCC2)c2ccccc21. The average molecular weight is 432 g/mol. The lowest BCUT2D eigenvalue weighted by atomic mass is 10.1. The van der Waals surface area contributed by atoms with Crippen molar-refractivity contribution in [1.29, 1.82) is 0 Å². The third-order valence-electron chi connectivity index (χ3n) is 5.23. The van der Waals surface area contributed by atoms with Crippen molar-refractivity contribution in [1.82, 2.24) is 14.7 Å². The van der Waals surface area contributed by atoms with Crippen LogP contribution in [-0.2, 0) is 0 Å². The van der Waals surface area contributed by atoms with E-state index in [0.717, 1.165) is 18.4 Å². The number of piperidine rings is 1. The lowest BCUT2D eigenvalue weighted by Crippen LogP contribution is -2.31. The monoisotopic (exact) mass is 431 g/mol. The number of para-hydroxylation sites is 1. The van der Waals surface area contributed by atoms with Crippen LogP contribution in [0.2, 0.25) is 10.0 Å². The van der Waals surface area contributed by atoms with Gasteiger partial charge in [0.25, 0.3) is 5.91 Å². The molecule has 7 heteroatoms. The number of aromatic nitrogens is 2. The molecule has 0 spiro atoms. The van der Waals surface area contributed by atoms with Crippen LogP contribution >= 0.6 is 23.2 Å². The molecule has 1 saturated heterocycles. The molecule has 0 amide bonds. The second-order valence-electron chi connectivity index (χ2n) is 7.24. The molecular weight excluding hydrogens is 409 g/mol. The van der Waals surface area contributed by atoms with E-state index in [1.165, 1.54) is 37.0 Å². The molecule has 2 heterocycles. The highest BCUT2D eigenvalue weighted by atomic mass is 35.5. The molecule has 0 aliphatic carbocycles. The molecule has 152 valence electrons. The molecule has 29 heavy (non-hydrogen) atoms. The summed E-state index contributed by atoms with van der Waals surface area (Å²) in [4.78, 5) is 15.6. The van der Waals surface area contributed by atoms with E-state index < -0.39 is 0 Å². The van der Waals surface area contributed by atoms with Crippen LogP contribution in [0.25, 0.3) is 10.9 Å². The van der Waals surface area contributed by atoms with Crippen LogP contribution < -0.4 is 4.74 Å². The third kappa shape index (κ3) is 4.42. The van der Waals surface area contributed by atoms with Gasteiger partial charge in [0.1, 0.15) is 0 Å². The second kappa shape index (κ2) is 9.16. The normalized spacial score (nSPS) is 15.0. The van der Waals surface area contributed by atoms with Gasteiger partial charge in [-0.1, -0.05) is 47.8 Å². The highest BCUT2D eigenvalue weighted by Crippen LogP contribution is 2.29. The molecule has 0 N–H and O–H groups in total. The zero-order valence-corrected chi connectivity index (χ0v) is 17.6. The molecule has 1 fully saturated rings. The van der Waals surface area contributed by atoms with Crippen molar-refractivity contribution in [2.75, 3.05) is 26.2 Å². The minimum atomic E-state index is -0.336. The largest absolute Gasteiger partial charge is 0.476 e. The molecule has 0 unspecified atom stereocenters. The molecule has 1 aliphatic rings. The number of rotatable bonds is 6. The lowest BCUT2D eigenvalue weighted by molar-refractivity contribution is 0.0948. The lowest BCUT2D eigenvalue weighted by Gasteiger charge is -2.26. The number of hydrogen-bond donors (Lipinski definition) is 0. The predicted octanol–water partition coefficient (Wildman–Crippen LogP) is 5.29. The molecule has 1 aliphatic heterocycles. The highest BCUT2D eigenvalue weighted by Gasteiger charge is 2.20. The first kappa shape index (κ1) is 20.2. The van der Waals surface area contributed by atoms with Crippen molar-refractivity contribution in [2.45, 2.75) is 25.7 Å². The van der Waals surface area contributed by atoms with Gasteiger partial charge >= 0.3 is 0 Å². The maximum atomic E-state index is 13.1. The van der Waals surface area contributed by atoms with E-state index in [0.29, 0.717) is 28.6 Å². The molecular formula is C22H23Cl2N3O2. The van der Waals surface area contributed by atoms with Crippen LogP contribution in [0.1, 0.15) is 36.0 Å². The molecule has 1 aromatic heterocycles. The molecule has 0 atom stereocenters. The predicted molar refractivity (Wildman–Crippen MR) is 116 cm³/mol. The van der Waals surface area contributed by atoms with Crippen LogP contribution in [0.5, 0.6) is 5.88 Å². The number of carbonyl (C=O) groups excluding carboxylic acids is 1. The number of carbonyl (C=O) groups is 1. The van der Waals surface area contributed by atoms with Gasteiger partial charge in [-0.15, -0.1) is 5.10 Å². The third-order valence-corrected chi connectivity index (χ3v) is 6.05. The van der Waals surface area contributed by atoms with Crippen LogP contribution in [0, 0.1) is 0 Å². The molecule has 0 saturated carbocycles. The van der Waals surface area contributed by atoms with Crippen molar-refractivity contribution in [3.05, 3.63) is 58.1 Å². The molecule has 2 aromatic carbocycles. The Bertz CT molecular complexity index is 1010. The highest BCUT2D eigenvalue weighted by molar-refractivity contribution is 6.44. The van der Waals surface area contributed by atoms with Crippen molar-refractivity contribution in [3.63, 3.8) is 0 Å². The summed E-state index contributed by atoms with van der Waals surface area (Å²) in [5, 5.41) is 5.81. The van der Waals surface area contributed by atoms with E-state index >= 15 is 0 Å². The first-order valence-corrected chi connectivity index (χ1v) is 10.7. The topological polar surface area (TPSA) is 47.4 Å². The van der Waals surface area contributed by atoms with Crippen LogP contribution in [-0.4, -0.2) is 46.8 Å². The van der Waals surface area contributed by atoms with E-state index in [1.54, 1.807) is 18.2 Å². The number of likely N-dealkylation sites (tertiary alicyclic amines) is 1. The Morgan fingerprint density at radius 1 is 1.03 bits per heavy atom. The molecule has 5 nitrogen and oxygen atoms in total. The fourth-order valence-electron chi connectivity index (χ4n) is 3.72. The Labute approximate surface area is 180 Å². The van der Waals surface area contributed by atoms with Crippen molar-refractivity contribution >= 4 is 40.0 Å². The quantitative estimate of drug-likeness (QED) is 0.497. The number of benzene rings is 2. The first-order chi connectivity index (χ1) is 14.1. The van der Waals surface area contributed by atoms with Gasteiger partial charge in [0.15, 0.2) is 0 Å².